The van der Waals surface area contributed by atoms with Gasteiger partial charge in [0.05, 0.1) is 5.69 Å². The van der Waals surface area contributed by atoms with Crippen molar-refractivity contribution in [2.45, 2.75) is 45.6 Å². The van der Waals surface area contributed by atoms with E-state index in [-0.39, 0.29) is 18.2 Å². The standard InChI is InChI=1S/C22H26N2O3/c1-4-19-22(26)24(18-7-5-6-8-20(18)27-19)14-13-21(25)23-17-11-9-16(10-12-17)15(2)3/h5-12,15,19H,4,13-14H2,1-3H3,(H,23,25). The van der Waals surface area contributed by atoms with Gasteiger partial charge in [0, 0.05) is 18.7 Å². The molecule has 1 N–H and O–H groups in total. The van der Waals surface area contributed by atoms with Crippen LogP contribution < -0.4 is 15.0 Å². The predicted molar refractivity (Wildman–Crippen MR) is 107 cm³/mol. The smallest absolute Gasteiger partial charge is 0.268 e. The minimum atomic E-state index is -0.494. The first kappa shape index (κ1) is 19.0. The maximum absolute atomic E-state index is 12.7. The van der Waals surface area contributed by atoms with Gasteiger partial charge in [-0.05, 0) is 42.2 Å². The van der Waals surface area contributed by atoms with Crippen LogP contribution in [0.5, 0.6) is 5.75 Å². The normalized spacial score (nSPS) is 16.1. The summed E-state index contributed by atoms with van der Waals surface area (Å²) in [4.78, 5) is 26.7. The van der Waals surface area contributed by atoms with E-state index in [4.69, 9.17) is 4.74 Å². The first-order chi connectivity index (χ1) is 13.0. The molecule has 1 unspecified atom stereocenters. The molecule has 0 fully saturated rings. The third-order valence-corrected chi connectivity index (χ3v) is 4.76. The van der Waals surface area contributed by atoms with E-state index in [2.05, 4.69) is 19.2 Å². The number of nitrogens with zero attached hydrogens (tertiary/aromatic N) is 1. The summed E-state index contributed by atoms with van der Waals surface area (Å²) in [7, 11) is 0. The number of carbonyl (C=O) groups is 2. The van der Waals surface area contributed by atoms with Gasteiger partial charge >= 0.3 is 0 Å². The molecule has 2 aromatic rings. The largest absolute Gasteiger partial charge is 0.478 e. The van der Waals surface area contributed by atoms with E-state index in [0.29, 0.717) is 24.6 Å². The van der Waals surface area contributed by atoms with E-state index in [1.807, 2.05) is 55.5 Å². The van der Waals surface area contributed by atoms with Crippen molar-refractivity contribution in [3.8, 4) is 5.75 Å². The summed E-state index contributed by atoms with van der Waals surface area (Å²) in [6.07, 6.45) is 0.326. The Kier molecular flexibility index (Phi) is 5.79. The van der Waals surface area contributed by atoms with Crippen molar-refractivity contribution in [3.63, 3.8) is 0 Å². The van der Waals surface area contributed by atoms with Gasteiger partial charge in [0.1, 0.15) is 5.75 Å². The number of anilines is 2. The topological polar surface area (TPSA) is 58.6 Å². The van der Waals surface area contributed by atoms with Crippen molar-refractivity contribution in [3.05, 3.63) is 54.1 Å². The summed E-state index contributed by atoms with van der Waals surface area (Å²) < 4.78 is 5.76. The van der Waals surface area contributed by atoms with E-state index in [0.717, 1.165) is 11.4 Å². The van der Waals surface area contributed by atoms with E-state index in [1.165, 1.54) is 5.56 Å². The molecule has 0 saturated carbocycles. The lowest BCUT2D eigenvalue weighted by atomic mass is 10.0. The van der Waals surface area contributed by atoms with Gasteiger partial charge in [0.2, 0.25) is 5.91 Å². The average Bonchev–Trinajstić information content (AvgIpc) is 2.67. The number of benzene rings is 2. The summed E-state index contributed by atoms with van der Waals surface area (Å²) in [5, 5.41) is 2.90. The highest BCUT2D eigenvalue weighted by molar-refractivity contribution is 6.01. The number of fused-ring (bicyclic) bond motifs is 1. The minimum absolute atomic E-state index is 0.0923. The van der Waals surface area contributed by atoms with Crippen LogP contribution in [0.2, 0.25) is 0 Å². The monoisotopic (exact) mass is 366 g/mol. The van der Waals surface area contributed by atoms with Crippen LogP contribution in [-0.4, -0.2) is 24.5 Å². The predicted octanol–water partition coefficient (Wildman–Crippen LogP) is 4.34. The van der Waals surface area contributed by atoms with Crippen LogP contribution in [0.4, 0.5) is 11.4 Å². The second-order valence-electron chi connectivity index (χ2n) is 7.05. The molecule has 0 bridgehead atoms. The Morgan fingerprint density at radius 3 is 2.52 bits per heavy atom. The van der Waals surface area contributed by atoms with Crippen molar-refractivity contribution in [1.29, 1.82) is 0 Å². The van der Waals surface area contributed by atoms with Gasteiger partial charge in [-0.2, -0.15) is 0 Å². The molecule has 0 saturated heterocycles. The van der Waals surface area contributed by atoms with E-state index >= 15 is 0 Å². The van der Waals surface area contributed by atoms with Crippen molar-refractivity contribution >= 4 is 23.2 Å². The Morgan fingerprint density at radius 2 is 1.85 bits per heavy atom. The van der Waals surface area contributed by atoms with Crippen molar-refractivity contribution in [2.24, 2.45) is 0 Å². The summed E-state index contributed by atoms with van der Waals surface area (Å²) >= 11 is 0. The molecule has 1 heterocycles. The van der Waals surface area contributed by atoms with Gasteiger partial charge in [-0.25, -0.2) is 0 Å². The zero-order valence-corrected chi connectivity index (χ0v) is 16.1. The Bertz CT molecular complexity index is 815. The Morgan fingerprint density at radius 1 is 1.15 bits per heavy atom. The quantitative estimate of drug-likeness (QED) is 0.827. The molecule has 142 valence electrons. The third kappa shape index (κ3) is 4.30. The van der Waals surface area contributed by atoms with Crippen LogP contribution in [0.3, 0.4) is 0 Å². The molecule has 0 aromatic heterocycles. The minimum Gasteiger partial charge on any atom is -0.478 e. The van der Waals surface area contributed by atoms with Crippen LogP contribution >= 0.6 is 0 Å². The molecule has 1 aliphatic rings. The molecule has 27 heavy (non-hydrogen) atoms. The van der Waals surface area contributed by atoms with Crippen LogP contribution in [0.1, 0.15) is 45.1 Å². The van der Waals surface area contributed by atoms with E-state index in [9.17, 15) is 9.59 Å². The lowest BCUT2D eigenvalue weighted by Gasteiger charge is -2.33. The molecule has 5 nitrogen and oxygen atoms in total. The number of amides is 2. The SMILES string of the molecule is CCC1Oc2ccccc2N(CCC(=O)Nc2ccc(C(C)C)cc2)C1=O. The van der Waals surface area contributed by atoms with Crippen molar-refractivity contribution in [2.75, 3.05) is 16.8 Å². The van der Waals surface area contributed by atoms with Crippen molar-refractivity contribution < 1.29 is 14.3 Å². The Balaban J connectivity index is 1.64. The lowest BCUT2D eigenvalue weighted by Crippen LogP contribution is -2.46. The van der Waals surface area contributed by atoms with Crippen molar-refractivity contribution in [1.82, 2.24) is 0 Å². The van der Waals surface area contributed by atoms with Gasteiger partial charge in [-0.15, -0.1) is 0 Å². The fraction of sp³-hybridized carbons (Fsp3) is 0.364. The van der Waals surface area contributed by atoms with Gasteiger partial charge in [0.15, 0.2) is 6.10 Å². The summed E-state index contributed by atoms with van der Waals surface area (Å²) in [5.74, 6) is 0.935. The molecule has 1 aliphatic heterocycles. The summed E-state index contributed by atoms with van der Waals surface area (Å²) in [6, 6.07) is 15.3. The molecule has 0 radical (unpaired) electrons. The van der Waals surface area contributed by atoms with E-state index in [1.54, 1.807) is 4.90 Å². The molecule has 2 amide bonds. The first-order valence-corrected chi connectivity index (χ1v) is 9.46. The number of nitrogens with one attached hydrogen (secondary N) is 1. The second kappa shape index (κ2) is 8.25. The molecule has 3 rings (SSSR count). The molecule has 1 atom stereocenters. The van der Waals surface area contributed by atoms with Gasteiger partial charge in [-0.1, -0.05) is 45.0 Å². The number of hydrogen-bond donors (Lipinski definition) is 1. The zero-order valence-electron chi connectivity index (χ0n) is 16.1. The van der Waals surface area contributed by atoms with Gasteiger partial charge in [0.25, 0.3) is 5.91 Å². The summed E-state index contributed by atoms with van der Waals surface area (Å²) in [5.41, 5.74) is 2.72. The number of hydrogen-bond acceptors (Lipinski definition) is 3. The number of para-hydroxylation sites is 2. The van der Waals surface area contributed by atoms with E-state index < -0.39 is 6.10 Å². The highest BCUT2D eigenvalue weighted by Crippen LogP contribution is 2.34. The highest BCUT2D eigenvalue weighted by Gasteiger charge is 2.33. The Hall–Kier alpha value is -2.82. The average molecular weight is 366 g/mol. The van der Waals surface area contributed by atoms with Crippen LogP contribution in [0.25, 0.3) is 0 Å². The number of rotatable bonds is 6. The molecular formula is C22H26N2O3. The van der Waals surface area contributed by atoms with Crippen LogP contribution in [0.15, 0.2) is 48.5 Å². The number of carbonyl (C=O) groups excluding carboxylic acids is 2. The highest BCUT2D eigenvalue weighted by atomic mass is 16.5. The fourth-order valence-electron chi connectivity index (χ4n) is 3.15. The zero-order chi connectivity index (χ0) is 19.4. The maximum Gasteiger partial charge on any atom is 0.268 e. The van der Waals surface area contributed by atoms with Crippen LogP contribution in [0, 0.1) is 0 Å². The molecule has 0 aliphatic carbocycles. The molecule has 2 aromatic carbocycles. The van der Waals surface area contributed by atoms with Crippen LogP contribution in [-0.2, 0) is 9.59 Å². The first-order valence-electron chi connectivity index (χ1n) is 9.46. The number of ether oxygens (including phenoxy) is 1. The Labute approximate surface area is 160 Å². The van der Waals surface area contributed by atoms with Gasteiger partial charge in [-0.3, -0.25) is 9.59 Å². The lowest BCUT2D eigenvalue weighted by molar-refractivity contribution is -0.126. The maximum atomic E-state index is 12.7. The molecule has 0 spiro atoms. The third-order valence-electron chi connectivity index (χ3n) is 4.76. The second-order valence-corrected chi connectivity index (χ2v) is 7.05. The molecular weight excluding hydrogens is 340 g/mol. The van der Waals surface area contributed by atoms with Gasteiger partial charge < -0.3 is 15.0 Å². The summed E-state index contributed by atoms with van der Waals surface area (Å²) in [6.45, 7) is 6.51. The molecule has 5 heteroatoms. The fourth-order valence-corrected chi connectivity index (χ4v) is 3.15.